The zero-order chi connectivity index (χ0) is 17.9. The standard InChI is InChI=1S/C19H19N5OS/c1-12(17-20-8-9-21-17)22-18-16-14(13-6-4-3-5-7-13)11-26-19(16)24-15(23-18)10-25-2/h3-9,11-12H,10H2,1-2H3,(H,20,21)(H,22,23,24)/t12-/m0/s1. The molecule has 4 rings (SSSR count). The van der Waals surface area contributed by atoms with Gasteiger partial charge in [0.1, 0.15) is 23.1 Å². The van der Waals surface area contributed by atoms with E-state index >= 15 is 0 Å². The van der Waals surface area contributed by atoms with Gasteiger partial charge >= 0.3 is 0 Å². The van der Waals surface area contributed by atoms with Crippen LogP contribution in [0, 0.1) is 0 Å². The number of H-pyrrole nitrogens is 1. The number of fused-ring (bicyclic) bond motifs is 1. The van der Waals surface area contributed by atoms with Crippen molar-refractivity contribution in [1.82, 2.24) is 19.9 Å². The molecule has 0 spiro atoms. The van der Waals surface area contributed by atoms with Crippen molar-refractivity contribution in [2.75, 3.05) is 12.4 Å². The van der Waals surface area contributed by atoms with Gasteiger partial charge in [0.2, 0.25) is 0 Å². The molecule has 0 aliphatic carbocycles. The molecule has 0 saturated heterocycles. The van der Waals surface area contributed by atoms with E-state index in [0.717, 1.165) is 33.0 Å². The number of benzene rings is 1. The number of rotatable bonds is 6. The van der Waals surface area contributed by atoms with E-state index in [1.54, 1.807) is 24.6 Å². The molecule has 26 heavy (non-hydrogen) atoms. The molecule has 4 aromatic rings. The van der Waals surface area contributed by atoms with Crippen LogP contribution in [0.3, 0.4) is 0 Å². The fourth-order valence-electron chi connectivity index (χ4n) is 2.90. The van der Waals surface area contributed by atoms with Crippen LogP contribution >= 0.6 is 11.3 Å². The predicted octanol–water partition coefficient (Wildman–Crippen LogP) is 4.40. The molecular formula is C19H19N5OS. The van der Waals surface area contributed by atoms with E-state index in [1.165, 1.54) is 0 Å². The second-order valence-corrected chi connectivity index (χ2v) is 6.82. The number of aromatic amines is 1. The summed E-state index contributed by atoms with van der Waals surface area (Å²) in [5.41, 5.74) is 2.28. The SMILES string of the molecule is COCc1nc(N[C@@H](C)c2ncc[nH]2)c2c(-c3ccccc3)csc2n1. The molecule has 1 atom stereocenters. The third kappa shape index (κ3) is 3.18. The van der Waals surface area contributed by atoms with E-state index in [-0.39, 0.29) is 6.04 Å². The van der Waals surface area contributed by atoms with Crippen molar-refractivity contribution in [3.63, 3.8) is 0 Å². The van der Waals surface area contributed by atoms with Crippen LogP contribution in [-0.2, 0) is 11.3 Å². The molecule has 0 bridgehead atoms. The van der Waals surface area contributed by atoms with Crippen LogP contribution < -0.4 is 5.32 Å². The summed E-state index contributed by atoms with van der Waals surface area (Å²) in [7, 11) is 1.65. The molecule has 0 aliphatic heterocycles. The minimum absolute atomic E-state index is 0.0120. The Morgan fingerprint density at radius 1 is 1.23 bits per heavy atom. The number of nitrogens with zero attached hydrogens (tertiary/aromatic N) is 3. The summed E-state index contributed by atoms with van der Waals surface area (Å²) in [4.78, 5) is 17.8. The number of nitrogens with one attached hydrogen (secondary N) is 2. The number of imidazole rings is 1. The fourth-order valence-corrected chi connectivity index (χ4v) is 3.87. The minimum atomic E-state index is -0.0120. The average Bonchev–Trinajstić information content (AvgIpc) is 3.33. The number of anilines is 1. The number of hydrogen-bond acceptors (Lipinski definition) is 6. The van der Waals surface area contributed by atoms with Crippen LogP contribution in [0.25, 0.3) is 21.3 Å². The first-order valence-electron chi connectivity index (χ1n) is 8.34. The Hall–Kier alpha value is -2.77. The largest absolute Gasteiger partial charge is 0.377 e. The van der Waals surface area contributed by atoms with E-state index in [2.05, 4.69) is 44.7 Å². The maximum Gasteiger partial charge on any atom is 0.158 e. The van der Waals surface area contributed by atoms with Crippen molar-refractivity contribution in [3.05, 3.63) is 59.8 Å². The molecule has 0 amide bonds. The van der Waals surface area contributed by atoms with Gasteiger partial charge < -0.3 is 15.0 Å². The highest BCUT2D eigenvalue weighted by atomic mass is 32.1. The lowest BCUT2D eigenvalue weighted by Gasteiger charge is -2.15. The number of methoxy groups -OCH3 is 1. The zero-order valence-corrected chi connectivity index (χ0v) is 15.4. The first kappa shape index (κ1) is 16.7. The Morgan fingerprint density at radius 2 is 2.08 bits per heavy atom. The van der Waals surface area contributed by atoms with Crippen LogP contribution in [0.1, 0.15) is 24.6 Å². The molecule has 6 nitrogen and oxygen atoms in total. The summed E-state index contributed by atoms with van der Waals surface area (Å²) in [5, 5.41) is 6.65. The maximum absolute atomic E-state index is 5.23. The molecule has 0 fully saturated rings. The summed E-state index contributed by atoms with van der Waals surface area (Å²) in [6.07, 6.45) is 3.57. The third-order valence-corrected chi connectivity index (χ3v) is 4.99. The van der Waals surface area contributed by atoms with Crippen LogP contribution in [0.2, 0.25) is 0 Å². The summed E-state index contributed by atoms with van der Waals surface area (Å²) >= 11 is 1.62. The number of ether oxygens (including phenoxy) is 1. The monoisotopic (exact) mass is 365 g/mol. The van der Waals surface area contributed by atoms with Crippen molar-refractivity contribution in [2.24, 2.45) is 0 Å². The van der Waals surface area contributed by atoms with Crippen molar-refractivity contribution >= 4 is 27.4 Å². The van der Waals surface area contributed by atoms with Gasteiger partial charge in [0.15, 0.2) is 5.82 Å². The summed E-state index contributed by atoms with van der Waals surface area (Å²) in [5.74, 6) is 2.32. The van der Waals surface area contributed by atoms with Crippen molar-refractivity contribution in [1.29, 1.82) is 0 Å². The molecule has 132 valence electrons. The number of hydrogen-bond donors (Lipinski definition) is 2. The molecule has 3 heterocycles. The molecule has 1 aromatic carbocycles. The Bertz CT molecular complexity index is 998. The van der Waals surface area contributed by atoms with Gasteiger partial charge in [-0.1, -0.05) is 30.3 Å². The fraction of sp³-hybridized carbons (Fsp3) is 0.211. The van der Waals surface area contributed by atoms with Gasteiger partial charge in [-0.15, -0.1) is 11.3 Å². The highest BCUT2D eigenvalue weighted by Crippen LogP contribution is 2.37. The lowest BCUT2D eigenvalue weighted by atomic mass is 10.1. The van der Waals surface area contributed by atoms with Gasteiger partial charge in [-0.3, -0.25) is 0 Å². The summed E-state index contributed by atoms with van der Waals surface area (Å²) < 4.78 is 5.23. The molecule has 7 heteroatoms. The van der Waals surface area contributed by atoms with Gasteiger partial charge in [-0.2, -0.15) is 0 Å². The van der Waals surface area contributed by atoms with Crippen LogP contribution in [0.4, 0.5) is 5.82 Å². The van der Waals surface area contributed by atoms with E-state index in [4.69, 9.17) is 9.72 Å². The molecule has 0 aliphatic rings. The zero-order valence-electron chi connectivity index (χ0n) is 14.6. The molecule has 0 unspecified atom stereocenters. The van der Waals surface area contributed by atoms with E-state index in [0.29, 0.717) is 12.4 Å². The van der Waals surface area contributed by atoms with Crippen LogP contribution in [-0.4, -0.2) is 27.0 Å². The molecular weight excluding hydrogens is 346 g/mol. The third-order valence-electron chi connectivity index (χ3n) is 4.12. The highest BCUT2D eigenvalue weighted by Gasteiger charge is 2.18. The Balaban J connectivity index is 1.83. The Labute approximate surface area is 155 Å². The van der Waals surface area contributed by atoms with Crippen molar-refractivity contribution < 1.29 is 4.74 Å². The van der Waals surface area contributed by atoms with Gasteiger partial charge in [0.05, 0.1) is 11.4 Å². The quantitative estimate of drug-likeness (QED) is 0.530. The topological polar surface area (TPSA) is 75.7 Å². The Kier molecular flexibility index (Phi) is 4.64. The van der Waals surface area contributed by atoms with Gasteiger partial charge in [0.25, 0.3) is 0 Å². The molecule has 0 radical (unpaired) electrons. The van der Waals surface area contributed by atoms with E-state index in [9.17, 15) is 0 Å². The first-order valence-corrected chi connectivity index (χ1v) is 9.22. The lowest BCUT2D eigenvalue weighted by Crippen LogP contribution is -2.11. The maximum atomic E-state index is 5.23. The van der Waals surface area contributed by atoms with Gasteiger partial charge in [-0.05, 0) is 12.5 Å². The smallest absolute Gasteiger partial charge is 0.158 e. The number of thiophene rings is 1. The average molecular weight is 365 g/mol. The molecule has 2 N–H and O–H groups in total. The molecule has 0 saturated carbocycles. The van der Waals surface area contributed by atoms with Gasteiger partial charge in [-0.25, -0.2) is 15.0 Å². The van der Waals surface area contributed by atoms with E-state index in [1.807, 2.05) is 24.4 Å². The number of aromatic nitrogens is 4. The van der Waals surface area contributed by atoms with Crippen LogP contribution in [0.15, 0.2) is 48.1 Å². The highest BCUT2D eigenvalue weighted by molar-refractivity contribution is 7.17. The predicted molar refractivity (Wildman–Crippen MR) is 104 cm³/mol. The van der Waals surface area contributed by atoms with Crippen molar-refractivity contribution in [2.45, 2.75) is 19.6 Å². The van der Waals surface area contributed by atoms with E-state index < -0.39 is 0 Å². The first-order chi connectivity index (χ1) is 12.8. The van der Waals surface area contributed by atoms with Crippen molar-refractivity contribution in [3.8, 4) is 11.1 Å². The van der Waals surface area contributed by atoms with Crippen LogP contribution in [0.5, 0.6) is 0 Å². The second kappa shape index (κ2) is 7.23. The minimum Gasteiger partial charge on any atom is -0.377 e. The lowest BCUT2D eigenvalue weighted by molar-refractivity contribution is 0.178. The molecule has 3 aromatic heterocycles. The Morgan fingerprint density at radius 3 is 2.81 bits per heavy atom. The normalized spacial score (nSPS) is 12.4. The summed E-state index contributed by atoms with van der Waals surface area (Å²) in [6, 6.07) is 10.3. The van der Waals surface area contributed by atoms with Gasteiger partial charge in [0, 0.05) is 30.4 Å². The summed E-state index contributed by atoms with van der Waals surface area (Å²) in [6.45, 7) is 2.43. The second-order valence-electron chi connectivity index (χ2n) is 5.96.